The van der Waals surface area contributed by atoms with Crippen molar-refractivity contribution in [1.29, 1.82) is 0 Å². The van der Waals surface area contributed by atoms with E-state index in [1.54, 1.807) is 15.6 Å². The Kier molecular flexibility index (Phi) is 3.57. The van der Waals surface area contributed by atoms with Crippen molar-refractivity contribution in [2.75, 3.05) is 24.7 Å². The van der Waals surface area contributed by atoms with Gasteiger partial charge in [0.15, 0.2) is 11.5 Å². The number of rotatable bonds is 2. The molecule has 0 saturated carbocycles. The monoisotopic (exact) mass is 334 g/mol. The Balaban J connectivity index is 1.57. The molecule has 2 aliphatic rings. The first-order chi connectivity index (χ1) is 11.2. The molecule has 7 nitrogen and oxygen atoms in total. The number of fused-ring (bicyclic) bond motifs is 2. The van der Waals surface area contributed by atoms with Gasteiger partial charge in [0.05, 0.1) is 11.4 Å². The zero-order chi connectivity index (χ0) is 15.8. The largest absolute Gasteiger partial charge is 0.486 e. The summed E-state index contributed by atoms with van der Waals surface area (Å²) in [6, 6.07) is 3.56. The van der Waals surface area contributed by atoms with Crippen molar-refractivity contribution in [2.45, 2.75) is 19.4 Å². The first kappa shape index (κ1) is 14.3. The quantitative estimate of drug-likeness (QED) is 0.835. The second-order valence-corrected chi connectivity index (χ2v) is 5.87. The summed E-state index contributed by atoms with van der Waals surface area (Å²) < 4.78 is 12.8. The fourth-order valence-corrected chi connectivity index (χ4v) is 3.16. The molecule has 0 radical (unpaired) electrons. The second kappa shape index (κ2) is 5.73. The molecule has 1 aromatic carbocycles. The molecule has 0 atom stereocenters. The van der Waals surface area contributed by atoms with Gasteiger partial charge in [-0.05, 0) is 24.1 Å². The minimum absolute atomic E-state index is 0.0355. The summed E-state index contributed by atoms with van der Waals surface area (Å²) in [4.78, 5) is 18.5. The smallest absolute Gasteiger partial charge is 0.233 e. The Labute approximate surface area is 137 Å². The van der Waals surface area contributed by atoms with E-state index in [2.05, 4.69) is 10.1 Å². The lowest BCUT2D eigenvalue weighted by molar-refractivity contribution is -0.118. The molecular weight excluding hydrogens is 320 g/mol. The summed E-state index contributed by atoms with van der Waals surface area (Å²) in [5.74, 6) is 1.71. The highest BCUT2D eigenvalue weighted by atomic mass is 35.5. The van der Waals surface area contributed by atoms with Crippen LogP contribution in [0.5, 0.6) is 11.5 Å². The SMILES string of the molecule is O=C(Cc1cc(Cl)c2c(c1)OCCO2)N1CCCn2ncnc21. The number of carbonyl (C=O) groups is 1. The highest BCUT2D eigenvalue weighted by Crippen LogP contribution is 2.38. The van der Waals surface area contributed by atoms with Crippen LogP contribution in [0.1, 0.15) is 12.0 Å². The summed E-state index contributed by atoms with van der Waals surface area (Å²) in [5.41, 5.74) is 0.792. The summed E-state index contributed by atoms with van der Waals surface area (Å²) in [5, 5.41) is 4.59. The van der Waals surface area contributed by atoms with Crippen molar-refractivity contribution in [2.24, 2.45) is 0 Å². The highest BCUT2D eigenvalue weighted by Gasteiger charge is 2.25. The van der Waals surface area contributed by atoms with E-state index < -0.39 is 0 Å². The third kappa shape index (κ3) is 2.61. The first-order valence-corrected chi connectivity index (χ1v) is 7.86. The van der Waals surface area contributed by atoms with E-state index in [1.165, 1.54) is 6.33 Å². The summed E-state index contributed by atoms with van der Waals surface area (Å²) in [6.07, 6.45) is 2.56. The lowest BCUT2D eigenvalue weighted by atomic mass is 10.1. The van der Waals surface area contributed by atoms with E-state index in [9.17, 15) is 4.79 Å². The van der Waals surface area contributed by atoms with Crippen LogP contribution in [0.25, 0.3) is 0 Å². The molecule has 120 valence electrons. The van der Waals surface area contributed by atoms with Crippen molar-refractivity contribution >= 4 is 23.5 Å². The fourth-order valence-electron chi connectivity index (χ4n) is 2.88. The van der Waals surface area contributed by atoms with Gasteiger partial charge in [-0.15, -0.1) is 0 Å². The topological polar surface area (TPSA) is 69.5 Å². The Morgan fingerprint density at radius 2 is 2.13 bits per heavy atom. The van der Waals surface area contributed by atoms with Gasteiger partial charge in [-0.2, -0.15) is 10.1 Å². The van der Waals surface area contributed by atoms with Crippen molar-refractivity contribution in [3.63, 3.8) is 0 Å². The van der Waals surface area contributed by atoms with Crippen LogP contribution in [0.2, 0.25) is 5.02 Å². The Morgan fingerprint density at radius 3 is 3.04 bits per heavy atom. The Bertz CT molecular complexity index is 761. The third-order valence-electron chi connectivity index (χ3n) is 3.90. The maximum absolute atomic E-state index is 12.6. The number of halogens is 1. The number of amides is 1. The highest BCUT2D eigenvalue weighted by molar-refractivity contribution is 6.32. The van der Waals surface area contributed by atoms with Crippen molar-refractivity contribution in [3.8, 4) is 11.5 Å². The molecule has 1 aromatic heterocycles. The lowest BCUT2D eigenvalue weighted by Gasteiger charge is -2.26. The Hall–Kier alpha value is -2.28. The standard InChI is InChI=1S/C15H15ClN4O3/c16-11-6-10(7-12-14(11)23-5-4-22-12)8-13(21)19-2-1-3-20-15(19)17-9-18-20/h6-7,9H,1-5,8H2. The fraction of sp³-hybridized carbons (Fsp3) is 0.400. The number of aromatic nitrogens is 3. The van der Waals surface area contributed by atoms with Gasteiger partial charge in [0.25, 0.3) is 0 Å². The van der Waals surface area contributed by atoms with Crippen LogP contribution in [0.4, 0.5) is 5.95 Å². The van der Waals surface area contributed by atoms with Crippen molar-refractivity contribution in [3.05, 3.63) is 29.0 Å². The molecule has 0 N–H and O–H groups in total. The molecule has 0 aliphatic carbocycles. The average Bonchev–Trinajstić information content (AvgIpc) is 3.03. The summed E-state index contributed by atoms with van der Waals surface area (Å²) >= 11 is 6.22. The molecular formula is C15H15ClN4O3. The van der Waals surface area contributed by atoms with Crippen LogP contribution in [0, 0.1) is 0 Å². The number of carbonyl (C=O) groups excluding carboxylic acids is 1. The van der Waals surface area contributed by atoms with Crippen LogP contribution in [0.15, 0.2) is 18.5 Å². The van der Waals surface area contributed by atoms with Crippen molar-refractivity contribution in [1.82, 2.24) is 14.8 Å². The number of hydrogen-bond donors (Lipinski definition) is 0. The van der Waals surface area contributed by atoms with Gasteiger partial charge in [-0.1, -0.05) is 11.6 Å². The lowest BCUT2D eigenvalue weighted by Crippen LogP contribution is -2.39. The molecule has 0 saturated heterocycles. The zero-order valence-electron chi connectivity index (χ0n) is 12.4. The molecule has 2 aromatic rings. The molecule has 1 amide bonds. The Morgan fingerprint density at radius 1 is 1.26 bits per heavy atom. The van der Waals surface area contributed by atoms with Crippen LogP contribution in [-0.2, 0) is 17.8 Å². The van der Waals surface area contributed by atoms with Crippen molar-refractivity contribution < 1.29 is 14.3 Å². The molecule has 2 aliphatic heterocycles. The van der Waals surface area contributed by atoms with E-state index in [1.807, 2.05) is 6.07 Å². The molecule has 0 fully saturated rings. The number of hydrogen-bond acceptors (Lipinski definition) is 5. The molecule has 8 heteroatoms. The summed E-state index contributed by atoms with van der Waals surface area (Å²) in [6.45, 7) is 2.40. The van der Waals surface area contributed by atoms with Gasteiger partial charge in [-0.3, -0.25) is 9.69 Å². The number of aryl methyl sites for hydroxylation is 1. The second-order valence-electron chi connectivity index (χ2n) is 5.46. The molecule has 0 unspecified atom stereocenters. The van der Waals surface area contributed by atoms with Gasteiger partial charge in [0.2, 0.25) is 11.9 Å². The molecule has 0 spiro atoms. The predicted octanol–water partition coefficient (Wildman–Crippen LogP) is 1.68. The maximum Gasteiger partial charge on any atom is 0.233 e. The normalized spacial score (nSPS) is 16.1. The minimum atomic E-state index is -0.0355. The first-order valence-electron chi connectivity index (χ1n) is 7.48. The van der Waals surface area contributed by atoms with Gasteiger partial charge < -0.3 is 9.47 Å². The molecule has 4 rings (SSSR count). The van der Waals surface area contributed by atoms with E-state index in [4.69, 9.17) is 21.1 Å². The summed E-state index contributed by atoms with van der Waals surface area (Å²) in [7, 11) is 0. The zero-order valence-corrected chi connectivity index (χ0v) is 13.1. The van der Waals surface area contributed by atoms with E-state index in [0.717, 1.165) is 18.5 Å². The third-order valence-corrected chi connectivity index (χ3v) is 4.18. The van der Waals surface area contributed by atoms with E-state index in [-0.39, 0.29) is 12.3 Å². The van der Waals surface area contributed by atoms with Crippen LogP contribution < -0.4 is 14.4 Å². The maximum atomic E-state index is 12.6. The van der Waals surface area contributed by atoms with E-state index >= 15 is 0 Å². The predicted molar refractivity (Wildman–Crippen MR) is 83.1 cm³/mol. The molecule has 23 heavy (non-hydrogen) atoms. The minimum Gasteiger partial charge on any atom is -0.486 e. The van der Waals surface area contributed by atoms with Gasteiger partial charge in [-0.25, -0.2) is 4.68 Å². The van der Waals surface area contributed by atoms with E-state index in [0.29, 0.717) is 42.2 Å². The van der Waals surface area contributed by atoms with Crippen LogP contribution in [-0.4, -0.2) is 40.4 Å². The van der Waals surface area contributed by atoms with Gasteiger partial charge >= 0.3 is 0 Å². The molecule has 0 bridgehead atoms. The molecule has 3 heterocycles. The van der Waals surface area contributed by atoms with Gasteiger partial charge in [0.1, 0.15) is 19.5 Å². The van der Waals surface area contributed by atoms with Gasteiger partial charge in [0, 0.05) is 13.1 Å². The average molecular weight is 335 g/mol. The number of ether oxygens (including phenoxy) is 2. The number of benzene rings is 1. The van der Waals surface area contributed by atoms with Crippen LogP contribution >= 0.6 is 11.6 Å². The number of nitrogens with zero attached hydrogens (tertiary/aromatic N) is 4. The number of anilines is 1. The van der Waals surface area contributed by atoms with Crippen LogP contribution in [0.3, 0.4) is 0 Å².